The number of piperidine rings is 2. The first-order valence-electron chi connectivity index (χ1n) is 24.2. The maximum atomic E-state index is 13.3. The SMILES string of the molecule is CC1CN(CCCCCCCCC(=O)Nc2cccc(Sc3cnc(N4CCC(C)(N)CC4)cn3)c2)CC=C1c1ccc(C(=O)NC(C)c2ccc3c(c2)CN(C2CCC(=O)NC2=O)C3=O)nc1. The fraction of sp³-hybridized carbons (Fsp3) is 0.462. The van der Waals surface area contributed by atoms with Gasteiger partial charge in [-0.2, -0.15) is 0 Å². The van der Waals surface area contributed by atoms with Crippen LogP contribution in [0.2, 0.25) is 0 Å². The van der Waals surface area contributed by atoms with Crippen molar-refractivity contribution in [3.8, 4) is 0 Å². The molecule has 4 aliphatic rings. The van der Waals surface area contributed by atoms with E-state index in [4.69, 9.17) is 5.73 Å². The van der Waals surface area contributed by atoms with Crippen LogP contribution < -0.4 is 26.6 Å². The second-order valence-corrected chi connectivity index (χ2v) is 20.3. The number of aromatic nitrogens is 3. The molecule has 3 atom stereocenters. The second kappa shape index (κ2) is 22.0. The van der Waals surface area contributed by atoms with Gasteiger partial charge in [0.1, 0.15) is 22.6 Å². The van der Waals surface area contributed by atoms with Crippen LogP contribution in [0.3, 0.4) is 0 Å². The molecule has 4 aliphatic heterocycles. The van der Waals surface area contributed by atoms with E-state index in [1.165, 1.54) is 28.7 Å². The summed E-state index contributed by atoms with van der Waals surface area (Å²) in [7, 11) is 0. The molecule has 0 spiro atoms. The van der Waals surface area contributed by atoms with Crippen LogP contribution in [0.25, 0.3) is 5.57 Å². The Morgan fingerprint density at radius 3 is 2.47 bits per heavy atom. The third kappa shape index (κ3) is 12.4. The highest BCUT2D eigenvalue weighted by molar-refractivity contribution is 7.99. The Balaban J connectivity index is 0.694. The second-order valence-electron chi connectivity index (χ2n) is 19.2. The van der Waals surface area contributed by atoms with Crippen molar-refractivity contribution in [1.29, 1.82) is 0 Å². The van der Waals surface area contributed by atoms with Gasteiger partial charge in [-0.1, -0.05) is 74.7 Å². The van der Waals surface area contributed by atoms with Crippen LogP contribution >= 0.6 is 11.8 Å². The molecule has 0 radical (unpaired) electrons. The molecule has 358 valence electrons. The van der Waals surface area contributed by atoms with Gasteiger partial charge < -0.3 is 26.2 Å². The third-order valence-corrected chi connectivity index (χ3v) is 14.6. The summed E-state index contributed by atoms with van der Waals surface area (Å²) < 4.78 is 0. The van der Waals surface area contributed by atoms with Gasteiger partial charge in [-0.25, -0.2) is 9.97 Å². The first kappa shape index (κ1) is 48.5. The first-order valence-corrected chi connectivity index (χ1v) is 25.0. The number of imide groups is 1. The molecular weight excluding hydrogens is 877 g/mol. The monoisotopic (exact) mass is 940 g/mol. The number of hydrogen-bond acceptors (Lipinski definition) is 12. The molecular formula is C52H64N10O5S. The summed E-state index contributed by atoms with van der Waals surface area (Å²) in [5.41, 5.74) is 11.7. The fourth-order valence-electron chi connectivity index (χ4n) is 9.57. The minimum atomic E-state index is -0.675. The zero-order valence-corrected chi connectivity index (χ0v) is 40.3. The summed E-state index contributed by atoms with van der Waals surface area (Å²) in [5, 5.41) is 9.25. The maximum absolute atomic E-state index is 13.3. The summed E-state index contributed by atoms with van der Waals surface area (Å²) in [6.07, 6.45) is 17.1. The summed E-state index contributed by atoms with van der Waals surface area (Å²) in [6.45, 7) is 11.2. The van der Waals surface area contributed by atoms with E-state index in [0.29, 0.717) is 30.0 Å². The van der Waals surface area contributed by atoms with Crippen LogP contribution in [-0.4, -0.2) is 98.6 Å². The summed E-state index contributed by atoms with van der Waals surface area (Å²) in [5.74, 6) is -0.0277. The van der Waals surface area contributed by atoms with Crippen LogP contribution in [0.4, 0.5) is 11.5 Å². The summed E-state index contributed by atoms with van der Waals surface area (Å²) in [6, 6.07) is 16.1. The third-order valence-electron chi connectivity index (χ3n) is 13.7. The van der Waals surface area contributed by atoms with Gasteiger partial charge >= 0.3 is 0 Å². The predicted octanol–water partition coefficient (Wildman–Crippen LogP) is 7.30. The highest BCUT2D eigenvalue weighted by atomic mass is 32.2. The molecule has 15 nitrogen and oxygen atoms in total. The highest BCUT2D eigenvalue weighted by Gasteiger charge is 2.39. The average molecular weight is 941 g/mol. The van der Waals surface area contributed by atoms with Gasteiger partial charge in [0.15, 0.2) is 0 Å². The van der Waals surface area contributed by atoms with E-state index in [0.717, 1.165) is 116 Å². The fourth-order valence-corrected chi connectivity index (χ4v) is 10.4. The molecule has 2 aromatic heterocycles. The van der Waals surface area contributed by atoms with E-state index >= 15 is 0 Å². The predicted molar refractivity (Wildman–Crippen MR) is 264 cm³/mol. The number of nitrogens with two attached hydrogens (primary N) is 1. The topological polar surface area (TPSA) is 196 Å². The molecule has 0 saturated carbocycles. The molecule has 2 fully saturated rings. The highest BCUT2D eigenvalue weighted by Crippen LogP contribution is 2.32. The number of anilines is 2. The lowest BCUT2D eigenvalue weighted by atomic mass is 9.91. The molecule has 16 heteroatoms. The number of carbonyl (C=O) groups is 5. The zero-order chi connectivity index (χ0) is 47.8. The Labute approximate surface area is 403 Å². The Bertz CT molecular complexity index is 2500. The number of benzene rings is 2. The molecule has 4 aromatic rings. The first-order chi connectivity index (χ1) is 32.8. The number of rotatable bonds is 18. The number of fused-ring (bicyclic) bond motifs is 1. The van der Waals surface area contributed by atoms with Crippen molar-refractivity contribution in [1.82, 2.24) is 35.4 Å². The van der Waals surface area contributed by atoms with Crippen LogP contribution in [0.5, 0.6) is 0 Å². The smallest absolute Gasteiger partial charge is 0.270 e. The molecule has 8 rings (SSSR count). The van der Waals surface area contributed by atoms with Crippen molar-refractivity contribution in [3.63, 3.8) is 0 Å². The zero-order valence-electron chi connectivity index (χ0n) is 39.5. The van der Waals surface area contributed by atoms with Gasteiger partial charge in [0.25, 0.3) is 11.8 Å². The lowest BCUT2D eigenvalue weighted by molar-refractivity contribution is -0.137. The minimum absolute atomic E-state index is 0.0392. The lowest BCUT2D eigenvalue weighted by Crippen LogP contribution is -2.52. The number of carbonyl (C=O) groups excluding carboxylic acids is 5. The van der Waals surface area contributed by atoms with Gasteiger partial charge in [0, 0.05) is 73.4 Å². The molecule has 0 aliphatic carbocycles. The van der Waals surface area contributed by atoms with Crippen LogP contribution in [0.15, 0.2) is 89.2 Å². The van der Waals surface area contributed by atoms with Crippen LogP contribution in [0.1, 0.15) is 135 Å². The molecule has 6 heterocycles. The van der Waals surface area contributed by atoms with E-state index in [-0.39, 0.29) is 48.2 Å². The van der Waals surface area contributed by atoms with E-state index in [1.54, 1.807) is 18.3 Å². The van der Waals surface area contributed by atoms with Crippen molar-refractivity contribution >= 4 is 58.4 Å². The number of nitrogens with one attached hydrogen (secondary N) is 3. The van der Waals surface area contributed by atoms with E-state index < -0.39 is 11.9 Å². The number of hydrogen-bond donors (Lipinski definition) is 4. The van der Waals surface area contributed by atoms with Crippen LogP contribution in [-0.2, 0) is 20.9 Å². The Morgan fingerprint density at radius 1 is 0.941 bits per heavy atom. The molecule has 5 N–H and O–H groups in total. The van der Waals surface area contributed by atoms with Gasteiger partial charge in [-0.05, 0) is 111 Å². The Morgan fingerprint density at radius 2 is 1.74 bits per heavy atom. The number of pyridine rings is 1. The quantitative estimate of drug-likeness (QED) is 0.0575. The molecule has 2 saturated heterocycles. The summed E-state index contributed by atoms with van der Waals surface area (Å²) >= 11 is 1.53. The van der Waals surface area contributed by atoms with Crippen molar-refractivity contribution < 1.29 is 24.0 Å². The Hall–Kier alpha value is -5.97. The van der Waals surface area contributed by atoms with Gasteiger partial charge in [0.2, 0.25) is 17.7 Å². The summed E-state index contributed by atoms with van der Waals surface area (Å²) in [4.78, 5) is 84.3. The van der Waals surface area contributed by atoms with E-state index in [9.17, 15) is 24.0 Å². The lowest BCUT2D eigenvalue weighted by Gasteiger charge is -2.37. The molecule has 68 heavy (non-hydrogen) atoms. The van der Waals surface area contributed by atoms with E-state index in [1.807, 2.05) is 61.8 Å². The van der Waals surface area contributed by atoms with Crippen molar-refractivity contribution in [2.45, 2.75) is 125 Å². The Kier molecular flexibility index (Phi) is 15.7. The average Bonchev–Trinajstić information content (AvgIpc) is 3.65. The number of nitrogens with zero attached hydrogens (tertiary/aromatic N) is 6. The minimum Gasteiger partial charge on any atom is -0.355 e. The molecule has 3 unspecified atom stereocenters. The van der Waals surface area contributed by atoms with Gasteiger partial charge in [0.05, 0.1) is 18.4 Å². The van der Waals surface area contributed by atoms with Gasteiger partial charge in [-0.15, -0.1) is 0 Å². The molecule has 0 bridgehead atoms. The number of unbranched alkanes of at least 4 members (excludes halogenated alkanes) is 5. The molecule has 5 amide bonds. The largest absolute Gasteiger partial charge is 0.355 e. The van der Waals surface area contributed by atoms with Gasteiger partial charge in [-0.3, -0.25) is 39.2 Å². The van der Waals surface area contributed by atoms with Crippen LogP contribution in [0, 0.1) is 5.92 Å². The maximum Gasteiger partial charge on any atom is 0.270 e. The van der Waals surface area contributed by atoms with Crippen molar-refractivity contribution in [3.05, 3.63) is 107 Å². The standard InChI is InChI=1S/C52H64N10O5S/c1-34-32-60(23-9-7-5-4-6-8-13-46(63)58-39-11-10-12-40(28-39)68-48-31-55-45(30-56-48)61-25-21-52(3,53)22-26-61)24-20-41(34)37-15-17-43(54-29-37)49(65)57-35(2)36-14-16-42-38(27-36)33-62(51(42)67)44-18-19-47(64)59-50(44)66/h10-12,14-17,20,27-31,34-35,44H,4-9,13,18-19,21-26,32-33,53H2,1-3H3,(H,57,65)(H,58,63)(H,59,64,66). The van der Waals surface area contributed by atoms with E-state index in [2.05, 4.69) is 60.6 Å². The normalized spacial score (nSPS) is 19.8. The van der Waals surface area contributed by atoms with Crippen molar-refractivity contribution in [2.24, 2.45) is 11.7 Å². The number of amides is 5. The van der Waals surface area contributed by atoms with Crippen molar-refractivity contribution in [2.75, 3.05) is 42.9 Å². The molecule has 2 aromatic carbocycles.